The van der Waals surface area contributed by atoms with Gasteiger partial charge in [0.15, 0.2) is 5.65 Å². The van der Waals surface area contributed by atoms with Gasteiger partial charge in [0.05, 0.1) is 0 Å². The van der Waals surface area contributed by atoms with Gasteiger partial charge in [0.2, 0.25) is 0 Å². The summed E-state index contributed by atoms with van der Waals surface area (Å²) in [5.74, 6) is 0.873. The second kappa shape index (κ2) is 3.98. The third-order valence-corrected chi connectivity index (χ3v) is 1.56. The van der Waals surface area contributed by atoms with Crippen LogP contribution in [0.15, 0.2) is 12.4 Å². The maximum atomic E-state index is 4.23. The summed E-state index contributed by atoms with van der Waals surface area (Å²) >= 11 is 0. The van der Waals surface area contributed by atoms with Gasteiger partial charge in [-0.3, -0.25) is 0 Å². The van der Waals surface area contributed by atoms with Crippen molar-refractivity contribution in [2.45, 2.75) is 27.7 Å². The third-order valence-electron chi connectivity index (χ3n) is 1.56. The molecule has 2 aromatic heterocycles. The van der Waals surface area contributed by atoms with Crippen LogP contribution in [0.25, 0.3) is 5.65 Å². The van der Waals surface area contributed by atoms with Crippen molar-refractivity contribution in [1.82, 2.24) is 19.6 Å². The van der Waals surface area contributed by atoms with Crippen LogP contribution in [0, 0.1) is 13.8 Å². The molecule has 0 spiro atoms. The minimum Gasteiger partial charge on any atom is -0.238 e. The van der Waals surface area contributed by atoms with Crippen molar-refractivity contribution in [3.8, 4) is 0 Å². The maximum Gasteiger partial charge on any atom is 0.159 e. The molecule has 0 aliphatic carbocycles. The van der Waals surface area contributed by atoms with Gasteiger partial charge in [-0.15, -0.1) is 0 Å². The molecule has 0 saturated heterocycles. The number of hydrogen-bond donors (Lipinski definition) is 0. The molecule has 0 aromatic carbocycles. The third kappa shape index (κ3) is 1.83. The van der Waals surface area contributed by atoms with Crippen molar-refractivity contribution in [1.29, 1.82) is 0 Å². The minimum absolute atomic E-state index is 0.856. The SMILES string of the molecule is CC.Cc1cc2ncnn2c(C)n1. The molecule has 13 heavy (non-hydrogen) atoms. The van der Waals surface area contributed by atoms with E-state index >= 15 is 0 Å². The fourth-order valence-corrected chi connectivity index (χ4v) is 1.12. The zero-order valence-corrected chi connectivity index (χ0v) is 8.44. The van der Waals surface area contributed by atoms with Gasteiger partial charge >= 0.3 is 0 Å². The van der Waals surface area contributed by atoms with E-state index in [9.17, 15) is 0 Å². The molecule has 0 amide bonds. The molecule has 0 bridgehead atoms. The quantitative estimate of drug-likeness (QED) is 0.617. The van der Waals surface area contributed by atoms with Crippen LogP contribution in [0.2, 0.25) is 0 Å². The Morgan fingerprint density at radius 3 is 2.62 bits per heavy atom. The largest absolute Gasteiger partial charge is 0.238 e. The highest BCUT2D eigenvalue weighted by Gasteiger charge is 1.99. The standard InChI is InChI=1S/C7H8N4.C2H6/c1-5-3-7-8-4-9-11(7)6(2)10-5;1-2/h3-4H,1-2H3;1-2H3. The van der Waals surface area contributed by atoms with Crippen molar-refractivity contribution >= 4 is 5.65 Å². The monoisotopic (exact) mass is 178 g/mol. The first-order valence-corrected chi connectivity index (χ1v) is 4.41. The highest BCUT2D eigenvalue weighted by Crippen LogP contribution is 2.01. The van der Waals surface area contributed by atoms with Crippen molar-refractivity contribution in [3.05, 3.63) is 23.9 Å². The van der Waals surface area contributed by atoms with Crippen LogP contribution < -0.4 is 0 Å². The summed E-state index contributed by atoms with van der Waals surface area (Å²) in [6.45, 7) is 7.86. The smallest absolute Gasteiger partial charge is 0.159 e. The molecule has 0 fully saturated rings. The van der Waals surface area contributed by atoms with Crippen LogP contribution >= 0.6 is 0 Å². The van der Waals surface area contributed by atoms with E-state index in [0.717, 1.165) is 17.2 Å². The molecule has 0 radical (unpaired) electrons. The molecular formula is C9H14N4. The Hall–Kier alpha value is -1.45. The van der Waals surface area contributed by atoms with Crippen LogP contribution in [0.4, 0.5) is 0 Å². The summed E-state index contributed by atoms with van der Waals surface area (Å²) in [7, 11) is 0. The average Bonchev–Trinajstić information content (AvgIpc) is 2.55. The molecular weight excluding hydrogens is 164 g/mol. The Morgan fingerprint density at radius 1 is 1.23 bits per heavy atom. The van der Waals surface area contributed by atoms with Crippen molar-refractivity contribution < 1.29 is 0 Å². The molecule has 0 atom stereocenters. The van der Waals surface area contributed by atoms with Gasteiger partial charge in [-0.05, 0) is 13.8 Å². The molecule has 2 rings (SSSR count). The normalized spacial score (nSPS) is 9.54. The molecule has 0 N–H and O–H groups in total. The average molecular weight is 178 g/mol. The fraction of sp³-hybridized carbons (Fsp3) is 0.444. The molecule has 70 valence electrons. The first kappa shape index (κ1) is 9.64. The van der Waals surface area contributed by atoms with Gasteiger partial charge in [-0.25, -0.2) is 9.97 Å². The molecule has 0 saturated carbocycles. The highest BCUT2D eigenvalue weighted by atomic mass is 15.3. The first-order valence-electron chi connectivity index (χ1n) is 4.41. The zero-order chi connectivity index (χ0) is 9.84. The van der Waals surface area contributed by atoms with Crippen LogP contribution in [-0.2, 0) is 0 Å². The lowest BCUT2D eigenvalue weighted by Gasteiger charge is -1.97. The van der Waals surface area contributed by atoms with Crippen molar-refractivity contribution in [2.75, 3.05) is 0 Å². The lowest BCUT2D eigenvalue weighted by Crippen LogP contribution is -1.98. The Labute approximate surface area is 77.6 Å². The number of fused-ring (bicyclic) bond motifs is 1. The fourth-order valence-electron chi connectivity index (χ4n) is 1.12. The Morgan fingerprint density at radius 2 is 1.92 bits per heavy atom. The van der Waals surface area contributed by atoms with E-state index in [2.05, 4.69) is 15.1 Å². The summed E-state index contributed by atoms with van der Waals surface area (Å²) in [4.78, 5) is 8.29. The summed E-state index contributed by atoms with van der Waals surface area (Å²) in [5, 5.41) is 4.00. The molecule has 4 heteroatoms. The predicted molar refractivity (Wildman–Crippen MR) is 51.6 cm³/mol. The summed E-state index contributed by atoms with van der Waals surface area (Å²) in [6.07, 6.45) is 1.53. The molecule has 0 unspecified atom stereocenters. The maximum absolute atomic E-state index is 4.23. The zero-order valence-electron chi connectivity index (χ0n) is 8.44. The van der Waals surface area contributed by atoms with Crippen LogP contribution in [-0.4, -0.2) is 19.6 Å². The first-order chi connectivity index (χ1) is 6.27. The number of aromatic nitrogens is 4. The molecule has 0 aliphatic rings. The minimum atomic E-state index is 0.856. The van der Waals surface area contributed by atoms with E-state index in [4.69, 9.17) is 0 Å². The Bertz CT molecular complexity index is 391. The number of hydrogen-bond acceptors (Lipinski definition) is 3. The van der Waals surface area contributed by atoms with Gasteiger partial charge in [-0.2, -0.15) is 9.61 Å². The second-order valence-electron chi connectivity index (χ2n) is 2.47. The Kier molecular flexibility index (Phi) is 2.95. The van der Waals surface area contributed by atoms with Gasteiger partial charge in [0.25, 0.3) is 0 Å². The molecule has 0 aliphatic heterocycles. The van der Waals surface area contributed by atoms with E-state index in [-0.39, 0.29) is 0 Å². The van der Waals surface area contributed by atoms with Crippen LogP contribution in [0.3, 0.4) is 0 Å². The lowest BCUT2D eigenvalue weighted by atomic mass is 10.4. The molecule has 4 nitrogen and oxygen atoms in total. The number of nitrogens with zero attached hydrogens (tertiary/aromatic N) is 4. The van der Waals surface area contributed by atoms with Crippen LogP contribution in [0.5, 0.6) is 0 Å². The highest BCUT2D eigenvalue weighted by molar-refractivity contribution is 5.37. The summed E-state index contributed by atoms with van der Waals surface area (Å²) in [5.41, 5.74) is 1.83. The van der Waals surface area contributed by atoms with Gasteiger partial charge in [0.1, 0.15) is 12.2 Å². The second-order valence-corrected chi connectivity index (χ2v) is 2.47. The van der Waals surface area contributed by atoms with E-state index in [1.54, 1.807) is 4.52 Å². The van der Waals surface area contributed by atoms with E-state index in [1.807, 2.05) is 33.8 Å². The van der Waals surface area contributed by atoms with Crippen LogP contribution in [0.1, 0.15) is 25.4 Å². The van der Waals surface area contributed by atoms with Crippen molar-refractivity contribution in [2.24, 2.45) is 0 Å². The molecule has 2 heterocycles. The number of aryl methyl sites for hydroxylation is 2. The van der Waals surface area contributed by atoms with E-state index in [1.165, 1.54) is 6.33 Å². The summed E-state index contributed by atoms with van der Waals surface area (Å²) in [6, 6.07) is 1.90. The van der Waals surface area contributed by atoms with Gasteiger partial charge in [-0.1, -0.05) is 13.8 Å². The van der Waals surface area contributed by atoms with Gasteiger partial charge in [0, 0.05) is 11.8 Å². The number of rotatable bonds is 0. The Balaban J connectivity index is 0.000000396. The van der Waals surface area contributed by atoms with Crippen molar-refractivity contribution in [3.63, 3.8) is 0 Å². The topological polar surface area (TPSA) is 43.1 Å². The molecule has 2 aromatic rings. The predicted octanol–water partition coefficient (Wildman–Crippen LogP) is 1.77. The van der Waals surface area contributed by atoms with E-state index in [0.29, 0.717) is 0 Å². The lowest BCUT2D eigenvalue weighted by molar-refractivity contribution is 0.852. The van der Waals surface area contributed by atoms with E-state index < -0.39 is 0 Å². The van der Waals surface area contributed by atoms with Gasteiger partial charge < -0.3 is 0 Å². The summed E-state index contributed by atoms with van der Waals surface area (Å²) < 4.78 is 1.72.